The largest absolute Gasteiger partial charge is 0.411 e. The van der Waals surface area contributed by atoms with Gasteiger partial charge in [-0.05, 0) is 32.2 Å². The summed E-state index contributed by atoms with van der Waals surface area (Å²) in [4.78, 5) is 4.04. The molecule has 0 aromatic carbocycles. The predicted molar refractivity (Wildman–Crippen MR) is 86.2 cm³/mol. The molecule has 1 saturated heterocycles. The minimum atomic E-state index is -0.290. The van der Waals surface area contributed by atoms with Crippen molar-refractivity contribution in [2.75, 3.05) is 26.2 Å². The lowest BCUT2D eigenvalue weighted by Gasteiger charge is -2.31. The Kier molecular flexibility index (Phi) is 7.73. The molecule has 8 nitrogen and oxygen atoms in total. The fourth-order valence-electron chi connectivity index (χ4n) is 3.05. The van der Waals surface area contributed by atoms with E-state index < -0.39 is 0 Å². The van der Waals surface area contributed by atoms with Crippen molar-refractivity contribution in [1.29, 1.82) is 0 Å². The van der Waals surface area contributed by atoms with Gasteiger partial charge in [-0.15, -0.1) is 0 Å². The molecule has 1 spiro atoms. The molecule has 0 aromatic rings. The standard InChI is InChI=1S/C15H28N4O4/c20-18-11-14(19-21)17-9-5-4-8-16-10-13-12-22-15(23-13)6-2-1-3-7-15/h11,13,16,20-21H,1-10,12H2,(H,17,19)/b18-11+. The van der Waals surface area contributed by atoms with Crippen molar-refractivity contribution in [2.45, 2.75) is 56.8 Å². The van der Waals surface area contributed by atoms with E-state index in [1.807, 2.05) is 5.48 Å². The maximum Gasteiger partial charge on any atom is 0.168 e. The molecule has 1 aliphatic heterocycles. The highest BCUT2D eigenvalue weighted by atomic mass is 16.7. The third-order valence-electron chi connectivity index (χ3n) is 4.24. The molecular weight excluding hydrogens is 300 g/mol. The van der Waals surface area contributed by atoms with Gasteiger partial charge in [0.05, 0.1) is 12.7 Å². The van der Waals surface area contributed by atoms with Crippen LogP contribution in [0.1, 0.15) is 44.9 Å². The van der Waals surface area contributed by atoms with Gasteiger partial charge in [0.15, 0.2) is 11.6 Å². The Hall–Kier alpha value is -1.22. The molecule has 1 aliphatic carbocycles. The second kappa shape index (κ2) is 9.82. The number of hydroxylamine groups is 1. The van der Waals surface area contributed by atoms with Gasteiger partial charge in [0.1, 0.15) is 6.21 Å². The SMILES string of the molecule is O/N=C/C(=NCCCCNCC1COC2(CCCCC2)O1)NO. The number of aliphatic imine (C=N–C) groups is 1. The van der Waals surface area contributed by atoms with Gasteiger partial charge in [0.2, 0.25) is 0 Å². The minimum absolute atomic E-state index is 0.148. The fraction of sp³-hybridized carbons (Fsp3) is 0.867. The number of amidine groups is 1. The summed E-state index contributed by atoms with van der Waals surface area (Å²) in [6.07, 6.45) is 8.80. The molecular formula is C15H28N4O4. The van der Waals surface area contributed by atoms with E-state index in [0.717, 1.165) is 45.0 Å². The van der Waals surface area contributed by atoms with Crippen LogP contribution in [0.2, 0.25) is 0 Å². The Morgan fingerprint density at radius 3 is 2.83 bits per heavy atom. The van der Waals surface area contributed by atoms with E-state index in [9.17, 15) is 0 Å². The van der Waals surface area contributed by atoms with Gasteiger partial charge in [-0.2, -0.15) is 0 Å². The first-order chi connectivity index (χ1) is 11.3. The van der Waals surface area contributed by atoms with Crippen molar-refractivity contribution in [3.8, 4) is 0 Å². The van der Waals surface area contributed by atoms with Crippen molar-refractivity contribution in [2.24, 2.45) is 10.1 Å². The van der Waals surface area contributed by atoms with E-state index in [0.29, 0.717) is 13.2 Å². The van der Waals surface area contributed by atoms with Crippen LogP contribution in [0.5, 0.6) is 0 Å². The van der Waals surface area contributed by atoms with Crippen LogP contribution < -0.4 is 10.8 Å². The molecule has 2 rings (SSSR count). The molecule has 2 aliphatic rings. The van der Waals surface area contributed by atoms with Crippen molar-refractivity contribution >= 4 is 12.1 Å². The quantitative estimate of drug-likeness (QED) is 0.176. The lowest BCUT2D eigenvalue weighted by atomic mass is 9.94. The maximum atomic E-state index is 8.70. The zero-order chi connectivity index (χ0) is 16.4. The van der Waals surface area contributed by atoms with Crippen molar-refractivity contribution in [3.63, 3.8) is 0 Å². The van der Waals surface area contributed by atoms with Gasteiger partial charge >= 0.3 is 0 Å². The van der Waals surface area contributed by atoms with Crippen LogP contribution in [0.3, 0.4) is 0 Å². The number of nitrogens with zero attached hydrogens (tertiary/aromatic N) is 2. The first-order valence-electron chi connectivity index (χ1n) is 8.42. The normalized spacial score (nSPS) is 24.6. The Morgan fingerprint density at radius 2 is 2.09 bits per heavy atom. The minimum Gasteiger partial charge on any atom is -0.411 e. The summed E-state index contributed by atoms with van der Waals surface area (Å²) in [6, 6.07) is 0. The highest BCUT2D eigenvalue weighted by molar-refractivity contribution is 6.28. The van der Waals surface area contributed by atoms with E-state index in [-0.39, 0.29) is 17.7 Å². The molecule has 8 heteroatoms. The Morgan fingerprint density at radius 1 is 1.26 bits per heavy atom. The van der Waals surface area contributed by atoms with Crippen molar-refractivity contribution in [1.82, 2.24) is 10.8 Å². The highest BCUT2D eigenvalue weighted by Gasteiger charge is 2.41. The summed E-state index contributed by atoms with van der Waals surface area (Å²) < 4.78 is 12.0. The van der Waals surface area contributed by atoms with Crippen LogP contribution in [0.25, 0.3) is 0 Å². The van der Waals surface area contributed by atoms with Crippen LogP contribution in [-0.2, 0) is 9.47 Å². The predicted octanol–water partition coefficient (Wildman–Crippen LogP) is 1.27. The van der Waals surface area contributed by atoms with E-state index in [4.69, 9.17) is 19.9 Å². The van der Waals surface area contributed by atoms with E-state index in [1.54, 1.807) is 0 Å². The monoisotopic (exact) mass is 328 g/mol. The molecule has 1 heterocycles. The third-order valence-corrected chi connectivity index (χ3v) is 4.24. The molecule has 4 N–H and O–H groups in total. The molecule has 0 amide bonds. The number of oxime groups is 1. The van der Waals surface area contributed by atoms with Crippen LogP contribution in [0.15, 0.2) is 10.1 Å². The topological polar surface area (TPSA) is 108 Å². The number of hydrogen-bond donors (Lipinski definition) is 4. The van der Waals surface area contributed by atoms with E-state index in [1.165, 1.54) is 19.3 Å². The molecule has 1 saturated carbocycles. The summed E-state index contributed by atoms with van der Waals surface area (Å²) in [5.41, 5.74) is 1.87. The summed E-state index contributed by atoms with van der Waals surface area (Å²) >= 11 is 0. The molecule has 132 valence electrons. The first-order valence-corrected chi connectivity index (χ1v) is 8.42. The second-order valence-corrected chi connectivity index (χ2v) is 6.06. The fourth-order valence-corrected chi connectivity index (χ4v) is 3.05. The van der Waals surface area contributed by atoms with Crippen molar-refractivity contribution in [3.05, 3.63) is 0 Å². The molecule has 1 unspecified atom stereocenters. The summed E-state index contributed by atoms with van der Waals surface area (Å²) in [6.45, 7) is 2.94. The molecule has 0 radical (unpaired) electrons. The van der Waals surface area contributed by atoms with Crippen LogP contribution in [0, 0.1) is 0 Å². The third kappa shape index (κ3) is 6.06. The van der Waals surface area contributed by atoms with Gasteiger partial charge < -0.3 is 20.0 Å². The van der Waals surface area contributed by atoms with Gasteiger partial charge in [-0.1, -0.05) is 11.6 Å². The lowest BCUT2D eigenvalue weighted by Crippen LogP contribution is -2.35. The summed E-state index contributed by atoms with van der Waals surface area (Å²) in [5.74, 6) is -0.142. The average molecular weight is 328 g/mol. The molecule has 0 aromatic heterocycles. The Balaban J connectivity index is 1.51. The first kappa shape index (κ1) is 18.1. The lowest BCUT2D eigenvalue weighted by molar-refractivity contribution is -0.186. The number of hydrogen-bond acceptors (Lipinski definition) is 7. The van der Waals surface area contributed by atoms with Crippen LogP contribution >= 0.6 is 0 Å². The van der Waals surface area contributed by atoms with Crippen LogP contribution in [0.4, 0.5) is 0 Å². The zero-order valence-corrected chi connectivity index (χ0v) is 13.5. The zero-order valence-electron chi connectivity index (χ0n) is 13.5. The maximum absolute atomic E-state index is 8.70. The second-order valence-electron chi connectivity index (χ2n) is 6.06. The molecule has 2 fully saturated rings. The van der Waals surface area contributed by atoms with Crippen molar-refractivity contribution < 1.29 is 19.9 Å². The molecule has 1 atom stereocenters. The number of nitrogens with one attached hydrogen (secondary N) is 2. The van der Waals surface area contributed by atoms with Crippen LogP contribution in [-0.4, -0.2) is 60.6 Å². The van der Waals surface area contributed by atoms with E-state index >= 15 is 0 Å². The van der Waals surface area contributed by atoms with E-state index in [2.05, 4.69) is 15.5 Å². The summed E-state index contributed by atoms with van der Waals surface area (Å²) in [7, 11) is 0. The molecule has 23 heavy (non-hydrogen) atoms. The number of rotatable bonds is 8. The summed E-state index contributed by atoms with van der Waals surface area (Å²) in [5, 5.41) is 23.2. The smallest absolute Gasteiger partial charge is 0.168 e. The highest BCUT2D eigenvalue weighted by Crippen LogP contribution is 2.37. The molecule has 0 bridgehead atoms. The van der Waals surface area contributed by atoms with Gasteiger partial charge in [-0.25, -0.2) is 0 Å². The van der Waals surface area contributed by atoms with Gasteiger partial charge in [0, 0.05) is 25.9 Å². The number of ether oxygens (including phenoxy) is 2. The Bertz CT molecular complexity index is 397. The van der Waals surface area contributed by atoms with Gasteiger partial charge in [-0.3, -0.25) is 15.7 Å². The Labute approximate surface area is 136 Å². The average Bonchev–Trinajstić information content (AvgIpc) is 2.96. The number of unbranched alkanes of at least 4 members (excludes halogenated alkanes) is 1. The van der Waals surface area contributed by atoms with Gasteiger partial charge in [0.25, 0.3) is 0 Å².